The number of thioether (sulfide) groups is 1. The summed E-state index contributed by atoms with van der Waals surface area (Å²) in [5.74, 6) is 1.24. The molecule has 0 rings (SSSR count). The van der Waals surface area contributed by atoms with Crippen LogP contribution in [0.5, 0.6) is 0 Å². The number of rotatable bonds is 1. The van der Waals surface area contributed by atoms with Crippen molar-refractivity contribution in [1.82, 2.24) is 0 Å². The van der Waals surface area contributed by atoms with Crippen LogP contribution in [0, 0.1) is 0 Å². The second-order valence-corrected chi connectivity index (χ2v) is 1.73. The van der Waals surface area contributed by atoms with Gasteiger partial charge in [0.15, 0.2) is 0 Å². The molecular formula is C6H18S2. The van der Waals surface area contributed by atoms with E-state index in [1.165, 1.54) is 5.75 Å². The monoisotopic (exact) mass is 154 g/mol. The van der Waals surface area contributed by atoms with Crippen molar-refractivity contribution in [2.24, 2.45) is 0 Å². The smallest absolute Gasteiger partial charge is 0.00988 e. The molecule has 0 atom stereocenters. The summed E-state index contributed by atoms with van der Waals surface area (Å²) in [5.41, 5.74) is 0. The van der Waals surface area contributed by atoms with Crippen LogP contribution in [0.25, 0.3) is 0 Å². The number of hydrogen-bond acceptors (Lipinski definition) is 2. The highest BCUT2D eigenvalue weighted by atomic mass is 32.2. The van der Waals surface area contributed by atoms with Crippen molar-refractivity contribution in [2.75, 3.05) is 18.3 Å². The maximum Gasteiger partial charge on any atom is -0.00988 e. The van der Waals surface area contributed by atoms with Crippen molar-refractivity contribution >= 4 is 24.4 Å². The molecule has 0 heterocycles. The van der Waals surface area contributed by atoms with Crippen molar-refractivity contribution in [2.45, 2.75) is 20.8 Å². The van der Waals surface area contributed by atoms with Gasteiger partial charge in [-0.1, -0.05) is 20.8 Å². The van der Waals surface area contributed by atoms with Crippen LogP contribution in [0.15, 0.2) is 0 Å². The molecule has 0 aromatic carbocycles. The van der Waals surface area contributed by atoms with E-state index < -0.39 is 0 Å². The van der Waals surface area contributed by atoms with E-state index in [1.807, 2.05) is 25.6 Å². The van der Waals surface area contributed by atoms with E-state index >= 15 is 0 Å². The molecule has 0 unspecified atom stereocenters. The van der Waals surface area contributed by atoms with Gasteiger partial charge in [-0.2, -0.15) is 24.4 Å². The van der Waals surface area contributed by atoms with Crippen LogP contribution in [0.2, 0.25) is 0 Å². The van der Waals surface area contributed by atoms with Crippen molar-refractivity contribution in [3.05, 3.63) is 0 Å². The van der Waals surface area contributed by atoms with E-state index in [2.05, 4.69) is 25.8 Å². The minimum Gasteiger partial charge on any atom is -0.183 e. The summed E-state index contributed by atoms with van der Waals surface area (Å²) < 4.78 is 0. The largest absolute Gasteiger partial charge is 0.183 e. The fourth-order valence-electron chi connectivity index (χ4n) is 0. The Morgan fingerprint density at radius 3 is 1.38 bits per heavy atom. The van der Waals surface area contributed by atoms with E-state index in [1.54, 1.807) is 6.26 Å². The number of thiol groups is 1. The third kappa shape index (κ3) is 75.3. The van der Waals surface area contributed by atoms with E-state index in [4.69, 9.17) is 0 Å². The highest BCUT2D eigenvalue weighted by Gasteiger charge is 1.55. The second-order valence-electron chi connectivity index (χ2n) is 0.577. The van der Waals surface area contributed by atoms with Crippen LogP contribution >= 0.6 is 24.4 Å². The fourth-order valence-corrected chi connectivity index (χ4v) is 0. The Hall–Kier alpha value is 0.700. The molecule has 0 amide bonds. The molecule has 0 aliphatic heterocycles. The zero-order valence-corrected chi connectivity index (χ0v) is 8.27. The average molecular weight is 154 g/mol. The fraction of sp³-hybridized carbons (Fsp3) is 1.00. The number of hydrogen-bond donors (Lipinski definition) is 1. The molecule has 54 valence electrons. The van der Waals surface area contributed by atoms with Gasteiger partial charge in [-0.3, -0.25) is 0 Å². The SMILES string of the molecule is CC.CCSC.CS. The summed E-state index contributed by atoms with van der Waals surface area (Å²) in [5, 5.41) is 0. The first-order chi connectivity index (χ1) is 3.91. The molecule has 8 heavy (non-hydrogen) atoms. The van der Waals surface area contributed by atoms with Gasteiger partial charge in [0.2, 0.25) is 0 Å². The maximum atomic E-state index is 3.53. The molecule has 2 heteroatoms. The summed E-state index contributed by atoms with van der Waals surface area (Å²) in [4.78, 5) is 0. The molecule has 0 saturated heterocycles. The van der Waals surface area contributed by atoms with Crippen molar-refractivity contribution in [3.63, 3.8) is 0 Å². The van der Waals surface area contributed by atoms with Crippen molar-refractivity contribution in [3.8, 4) is 0 Å². The lowest BCUT2D eigenvalue weighted by molar-refractivity contribution is 1.50. The third-order valence-corrected chi connectivity index (χ3v) is 0.866. The first-order valence-corrected chi connectivity index (χ1v) is 5.14. The molecule has 0 nitrogen and oxygen atoms in total. The minimum atomic E-state index is 1.24. The van der Waals surface area contributed by atoms with E-state index in [9.17, 15) is 0 Å². The zero-order valence-electron chi connectivity index (χ0n) is 6.56. The molecule has 0 fully saturated rings. The molecule has 0 spiro atoms. The van der Waals surface area contributed by atoms with Crippen LogP contribution < -0.4 is 0 Å². The molecule has 0 aliphatic rings. The van der Waals surface area contributed by atoms with Gasteiger partial charge in [-0.05, 0) is 18.3 Å². The lowest BCUT2D eigenvalue weighted by Gasteiger charge is -1.69. The molecule has 0 aromatic rings. The predicted octanol–water partition coefficient (Wildman–Crippen LogP) is 2.94. The Balaban J connectivity index is -0.0000000542. The highest BCUT2D eigenvalue weighted by Crippen LogP contribution is 1.83. The summed E-state index contributed by atoms with van der Waals surface area (Å²) in [6, 6.07) is 0. The molecule has 0 bridgehead atoms. The van der Waals surface area contributed by atoms with E-state index in [0.29, 0.717) is 0 Å². The first kappa shape index (κ1) is 15.9. The molecule has 0 radical (unpaired) electrons. The van der Waals surface area contributed by atoms with E-state index in [0.717, 1.165) is 0 Å². The summed E-state index contributed by atoms with van der Waals surface area (Å²) >= 11 is 5.38. The van der Waals surface area contributed by atoms with Crippen molar-refractivity contribution in [1.29, 1.82) is 0 Å². The second kappa shape index (κ2) is 47.4. The van der Waals surface area contributed by atoms with Gasteiger partial charge in [0.05, 0.1) is 0 Å². The van der Waals surface area contributed by atoms with Gasteiger partial charge in [0.25, 0.3) is 0 Å². The molecule has 0 aliphatic carbocycles. The average Bonchev–Trinajstić information content (AvgIpc) is 1.96. The normalized spacial score (nSPS) is 5.25. The topological polar surface area (TPSA) is 0 Å². The zero-order chi connectivity index (χ0) is 7.41. The summed E-state index contributed by atoms with van der Waals surface area (Å²) in [6.45, 7) is 6.14. The Kier molecular flexibility index (Phi) is 94.1. The Morgan fingerprint density at radius 1 is 1.25 bits per heavy atom. The van der Waals surface area contributed by atoms with Crippen LogP contribution in [0.4, 0.5) is 0 Å². The lowest BCUT2D eigenvalue weighted by Crippen LogP contribution is -1.52. The van der Waals surface area contributed by atoms with Gasteiger partial charge >= 0.3 is 0 Å². The summed E-state index contributed by atoms with van der Waals surface area (Å²) in [7, 11) is 0. The van der Waals surface area contributed by atoms with Crippen LogP contribution in [0.3, 0.4) is 0 Å². The third-order valence-electron chi connectivity index (χ3n) is 0.289. The maximum absolute atomic E-state index is 3.53. The molecule has 0 aromatic heterocycles. The highest BCUT2D eigenvalue weighted by molar-refractivity contribution is 7.98. The van der Waals surface area contributed by atoms with Gasteiger partial charge in [-0.25, -0.2) is 0 Å². The molecule has 0 saturated carbocycles. The van der Waals surface area contributed by atoms with Gasteiger partial charge in [0.1, 0.15) is 0 Å². The summed E-state index contributed by atoms with van der Waals surface area (Å²) in [6.07, 6.45) is 3.79. The van der Waals surface area contributed by atoms with Crippen LogP contribution in [0.1, 0.15) is 20.8 Å². The van der Waals surface area contributed by atoms with Crippen molar-refractivity contribution < 1.29 is 0 Å². The van der Waals surface area contributed by atoms with Gasteiger partial charge in [-0.15, -0.1) is 0 Å². The Labute approximate surface area is 63.9 Å². The molecular weight excluding hydrogens is 136 g/mol. The van der Waals surface area contributed by atoms with Crippen LogP contribution in [-0.2, 0) is 0 Å². The standard InChI is InChI=1S/C3H8S.C2H6.CH4S/c1-3-4-2;2*1-2/h3H2,1-2H3;1-2H3;2H,1H3. The van der Waals surface area contributed by atoms with Gasteiger partial charge < -0.3 is 0 Å². The first-order valence-electron chi connectivity index (χ1n) is 2.85. The van der Waals surface area contributed by atoms with Gasteiger partial charge in [0, 0.05) is 0 Å². The lowest BCUT2D eigenvalue weighted by atomic mass is 11.0. The Bertz CT molecular complexity index is 8.49. The minimum absolute atomic E-state index is 1.24. The Morgan fingerprint density at radius 2 is 1.38 bits per heavy atom. The van der Waals surface area contributed by atoms with E-state index in [-0.39, 0.29) is 0 Å². The quantitative estimate of drug-likeness (QED) is 0.567. The predicted molar refractivity (Wildman–Crippen MR) is 50.3 cm³/mol. The molecule has 0 N–H and O–H groups in total. The van der Waals surface area contributed by atoms with Crippen LogP contribution in [-0.4, -0.2) is 18.3 Å².